The molecule has 1 unspecified atom stereocenters. The van der Waals surface area contributed by atoms with Gasteiger partial charge >= 0.3 is 0 Å². The molecule has 1 atom stereocenters. The Balaban J connectivity index is 2.06. The van der Waals surface area contributed by atoms with E-state index >= 15 is 0 Å². The molecule has 0 fully saturated rings. The molecule has 0 aliphatic carbocycles. The smallest absolute Gasteiger partial charge is 0.102 e. The Labute approximate surface area is 95.2 Å². The summed E-state index contributed by atoms with van der Waals surface area (Å²) in [7, 11) is 0. The quantitative estimate of drug-likeness (QED) is 0.654. The summed E-state index contributed by atoms with van der Waals surface area (Å²) >= 11 is 0. The lowest BCUT2D eigenvalue weighted by Crippen LogP contribution is -2.31. The Hall–Kier alpha value is -0.970. The van der Waals surface area contributed by atoms with Crippen LogP contribution in [0.2, 0.25) is 0 Å². The van der Waals surface area contributed by atoms with Crippen molar-refractivity contribution in [3.63, 3.8) is 0 Å². The maximum Gasteiger partial charge on any atom is 0.102 e. The number of aliphatic hydroxyl groups excluding tert-OH is 1. The second kappa shape index (κ2) is 8.21. The van der Waals surface area contributed by atoms with Crippen LogP contribution in [0.3, 0.4) is 0 Å². The second-order valence-electron chi connectivity index (χ2n) is 3.55. The molecule has 0 heterocycles. The van der Waals surface area contributed by atoms with Crippen LogP contribution in [0.5, 0.6) is 0 Å². The zero-order valence-electron chi connectivity index (χ0n) is 9.23. The van der Waals surface area contributed by atoms with Gasteiger partial charge in [-0.2, -0.15) is 0 Å². The highest BCUT2D eigenvalue weighted by Gasteiger charge is 2.03. The molecule has 0 aliphatic heterocycles. The summed E-state index contributed by atoms with van der Waals surface area (Å²) in [6.07, 6.45) is -0.588. The van der Waals surface area contributed by atoms with E-state index < -0.39 is 12.8 Å². The molecular formula is C12H18FNO2. The fourth-order valence-corrected chi connectivity index (χ4v) is 1.28. The fourth-order valence-electron chi connectivity index (χ4n) is 1.28. The lowest BCUT2D eigenvalue weighted by molar-refractivity contribution is 0.0288. The number of halogens is 1. The third-order valence-electron chi connectivity index (χ3n) is 2.07. The van der Waals surface area contributed by atoms with Crippen molar-refractivity contribution in [2.24, 2.45) is 0 Å². The monoisotopic (exact) mass is 227 g/mol. The van der Waals surface area contributed by atoms with E-state index in [1.807, 2.05) is 30.3 Å². The van der Waals surface area contributed by atoms with Crippen LogP contribution in [-0.4, -0.2) is 37.6 Å². The highest BCUT2D eigenvalue weighted by Crippen LogP contribution is 2.00. The minimum atomic E-state index is -0.588. The van der Waals surface area contributed by atoms with Crippen molar-refractivity contribution < 1.29 is 14.2 Å². The first-order valence-corrected chi connectivity index (χ1v) is 5.39. The molecule has 1 rings (SSSR count). The number of benzene rings is 1. The van der Waals surface area contributed by atoms with E-state index in [0.29, 0.717) is 13.2 Å². The van der Waals surface area contributed by atoms with E-state index in [9.17, 15) is 9.50 Å². The SMILES string of the molecule is OC(CNCCF)COCc1ccccc1. The lowest BCUT2D eigenvalue weighted by Gasteiger charge is -2.11. The molecule has 1 aromatic carbocycles. The molecule has 90 valence electrons. The number of alkyl halides is 1. The fraction of sp³-hybridized carbons (Fsp3) is 0.500. The van der Waals surface area contributed by atoms with Crippen molar-refractivity contribution in [1.82, 2.24) is 5.32 Å². The summed E-state index contributed by atoms with van der Waals surface area (Å²) in [4.78, 5) is 0. The molecule has 0 spiro atoms. The van der Waals surface area contributed by atoms with Gasteiger partial charge in [0, 0.05) is 13.1 Å². The summed E-state index contributed by atoms with van der Waals surface area (Å²) in [5, 5.41) is 12.2. The van der Waals surface area contributed by atoms with Gasteiger partial charge in [-0.25, -0.2) is 4.39 Å². The molecule has 0 saturated heterocycles. The summed E-state index contributed by atoms with van der Waals surface area (Å²) in [5.74, 6) is 0. The van der Waals surface area contributed by atoms with Crippen LogP contribution in [0.1, 0.15) is 5.56 Å². The van der Waals surface area contributed by atoms with Gasteiger partial charge in [0.1, 0.15) is 6.67 Å². The van der Waals surface area contributed by atoms with Gasteiger partial charge in [0.05, 0.1) is 19.3 Å². The average molecular weight is 227 g/mol. The van der Waals surface area contributed by atoms with Crippen molar-refractivity contribution in [3.05, 3.63) is 35.9 Å². The first kappa shape index (κ1) is 13.1. The van der Waals surface area contributed by atoms with E-state index in [1.165, 1.54) is 0 Å². The van der Waals surface area contributed by atoms with Crippen LogP contribution in [0, 0.1) is 0 Å². The van der Waals surface area contributed by atoms with Gasteiger partial charge in [-0.1, -0.05) is 30.3 Å². The Kier molecular flexibility index (Phi) is 6.72. The van der Waals surface area contributed by atoms with Crippen molar-refractivity contribution in [3.8, 4) is 0 Å². The summed E-state index contributed by atoms with van der Waals surface area (Å²) in [6.45, 7) is 0.960. The van der Waals surface area contributed by atoms with Crippen LogP contribution in [-0.2, 0) is 11.3 Å². The Morgan fingerprint density at radius 3 is 2.75 bits per heavy atom. The van der Waals surface area contributed by atoms with E-state index in [0.717, 1.165) is 5.56 Å². The van der Waals surface area contributed by atoms with Gasteiger partial charge in [-0.05, 0) is 5.56 Å². The van der Waals surface area contributed by atoms with Gasteiger partial charge in [0.2, 0.25) is 0 Å². The maximum atomic E-state index is 11.7. The molecular weight excluding hydrogens is 209 g/mol. The normalized spacial score (nSPS) is 12.6. The molecule has 0 saturated carbocycles. The molecule has 16 heavy (non-hydrogen) atoms. The number of nitrogens with one attached hydrogen (secondary N) is 1. The van der Waals surface area contributed by atoms with E-state index in [2.05, 4.69) is 5.32 Å². The first-order chi connectivity index (χ1) is 7.83. The molecule has 0 radical (unpaired) electrons. The number of aliphatic hydroxyl groups is 1. The Bertz CT molecular complexity index is 269. The van der Waals surface area contributed by atoms with Crippen LogP contribution in [0.15, 0.2) is 30.3 Å². The molecule has 3 nitrogen and oxygen atoms in total. The molecule has 1 aromatic rings. The van der Waals surface area contributed by atoms with Gasteiger partial charge in [0.15, 0.2) is 0 Å². The summed E-state index contributed by atoms with van der Waals surface area (Å²) in [5.41, 5.74) is 1.08. The van der Waals surface area contributed by atoms with Crippen LogP contribution in [0.25, 0.3) is 0 Å². The predicted octanol–water partition coefficient (Wildman–Crippen LogP) is 1.12. The Morgan fingerprint density at radius 2 is 2.06 bits per heavy atom. The number of rotatable bonds is 8. The number of hydrogen-bond acceptors (Lipinski definition) is 3. The Morgan fingerprint density at radius 1 is 1.31 bits per heavy atom. The first-order valence-electron chi connectivity index (χ1n) is 5.39. The molecule has 4 heteroatoms. The highest BCUT2D eigenvalue weighted by molar-refractivity contribution is 5.13. The predicted molar refractivity (Wildman–Crippen MR) is 60.9 cm³/mol. The summed E-state index contributed by atoms with van der Waals surface area (Å²) in [6, 6.07) is 9.76. The number of ether oxygens (including phenoxy) is 1. The van der Waals surface area contributed by atoms with Gasteiger partial charge < -0.3 is 15.2 Å². The van der Waals surface area contributed by atoms with E-state index in [4.69, 9.17) is 4.74 Å². The molecule has 0 bridgehead atoms. The van der Waals surface area contributed by atoms with E-state index in [1.54, 1.807) is 0 Å². The number of hydrogen-bond donors (Lipinski definition) is 2. The zero-order chi connectivity index (χ0) is 11.6. The largest absolute Gasteiger partial charge is 0.389 e. The maximum absolute atomic E-state index is 11.7. The third kappa shape index (κ3) is 5.80. The van der Waals surface area contributed by atoms with Gasteiger partial charge in [-0.3, -0.25) is 0 Å². The topological polar surface area (TPSA) is 41.5 Å². The molecule has 0 aromatic heterocycles. The minimum Gasteiger partial charge on any atom is -0.389 e. The van der Waals surface area contributed by atoms with Gasteiger partial charge in [-0.15, -0.1) is 0 Å². The average Bonchev–Trinajstić information content (AvgIpc) is 2.31. The van der Waals surface area contributed by atoms with Crippen molar-refractivity contribution >= 4 is 0 Å². The van der Waals surface area contributed by atoms with Gasteiger partial charge in [0.25, 0.3) is 0 Å². The van der Waals surface area contributed by atoms with Crippen molar-refractivity contribution in [2.75, 3.05) is 26.4 Å². The summed E-state index contributed by atoms with van der Waals surface area (Å²) < 4.78 is 17.1. The van der Waals surface area contributed by atoms with Crippen molar-refractivity contribution in [1.29, 1.82) is 0 Å². The third-order valence-corrected chi connectivity index (χ3v) is 2.07. The van der Waals surface area contributed by atoms with Crippen molar-refractivity contribution in [2.45, 2.75) is 12.7 Å². The zero-order valence-corrected chi connectivity index (χ0v) is 9.23. The highest BCUT2D eigenvalue weighted by atomic mass is 19.1. The van der Waals surface area contributed by atoms with E-state index in [-0.39, 0.29) is 13.2 Å². The second-order valence-corrected chi connectivity index (χ2v) is 3.55. The lowest BCUT2D eigenvalue weighted by atomic mass is 10.2. The van der Waals surface area contributed by atoms with Crippen LogP contribution in [0.4, 0.5) is 4.39 Å². The molecule has 0 amide bonds. The standard InChI is InChI=1S/C12H18FNO2/c13-6-7-14-8-12(15)10-16-9-11-4-2-1-3-5-11/h1-5,12,14-15H,6-10H2. The molecule has 2 N–H and O–H groups in total. The van der Waals surface area contributed by atoms with Crippen LogP contribution < -0.4 is 5.32 Å². The minimum absolute atomic E-state index is 0.258. The van der Waals surface area contributed by atoms with Crippen LogP contribution >= 0.6 is 0 Å². The molecule has 0 aliphatic rings.